The Hall–Kier alpha value is -2.32. The molecule has 1 N–H and O–H groups in total. The number of sulfonamides is 1. The zero-order valence-corrected chi connectivity index (χ0v) is 14.0. The van der Waals surface area contributed by atoms with E-state index in [1.807, 2.05) is 30.3 Å². The third-order valence-electron chi connectivity index (χ3n) is 4.01. The highest BCUT2D eigenvalue weighted by molar-refractivity contribution is 7.89. The maximum absolute atomic E-state index is 13.3. The summed E-state index contributed by atoms with van der Waals surface area (Å²) in [4.78, 5) is 13.6. The van der Waals surface area contributed by atoms with Gasteiger partial charge in [-0.1, -0.05) is 30.3 Å². The molecule has 1 atom stereocenters. The Bertz CT molecular complexity index is 888. The molecular weight excluding hydrogens is 350 g/mol. The molecule has 132 valence electrons. The molecule has 2 aromatic carbocycles. The maximum Gasteiger partial charge on any atom is 0.241 e. The lowest BCUT2D eigenvalue weighted by Crippen LogP contribution is -2.41. The predicted molar refractivity (Wildman–Crippen MR) is 86.9 cm³/mol. The maximum atomic E-state index is 13.3. The van der Waals surface area contributed by atoms with Crippen LogP contribution in [0, 0.1) is 11.6 Å². The summed E-state index contributed by atoms with van der Waals surface area (Å²) in [7, 11) is -4.12. The van der Waals surface area contributed by atoms with E-state index in [0.717, 1.165) is 17.7 Å². The van der Waals surface area contributed by atoms with E-state index >= 15 is 0 Å². The van der Waals surface area contributed by atoms with Crippen molar-refractivity contribution < 1.29 is 22.0 Å². The molecule has 3 rings (SSSR count). The van der Waals surface area contributed by atoms with Gasteiger partial charge in [-0.2, -0.15) is 4.72 Å². The molecule has 0 aliphatic carbocycles. The number of carbonyl (C=O) groups excluding carboxylic acids is 1. The quantitative estimate of drug-likeness (QED) is 0.881. The van der Waals surface area contributed by atoms with Gasteiger partial charge < -0.3 is 4.90 Å². The lowest BCUT2D eigenvalue weighted by Gasteiger charge is -2.17. The molecule has 0 radical (unpaired) electrons. The molecule has 8 heteroatoms. The lowest BCUT2D eigenvalue weighted by atomic mass is 10.2. The molecule has 0 unspecified atom stereocenters. The number of carbonyl (C=O) groups is 1. The largest absolute Gasteiger partial charge is 0.337 e. The average molecular weight is 366 g/mol. The van der Waals surface area contributed by atoms with Crippen molar-refractivity contribution in [3.8, 4) is 0 Å². The van der Waals surface area contributed by atoms with E-state index in [-0.39, 0.29) is 5.91 Å². The van der Waals surface area contributed by atoms with Crippen molar-refractivity contribution in [1.29, 1.82) is 0 Å². The van der Waals surface area contributed by atoms with Gasteiger partial charge in [0.2, 0.25) is 15.9 Å². The smallest absolute Gasteiger partial charge is 0.241 e. The van der Waals surface area contributed by atoms with Crippen LogP contribution in [0.3, 0.4) is 0 Å². The highest BCUT2D eigenvalue weighted by Gasteiger charge is 2.35. The van der Waals surface area contributed by atoms with Gasteiger partial charge in [0.15, 0.2) is 11.6 Å². The molecule has 1 heterocycles. The first-order valence-electron chi connectivity index (χ1n) is 7.67. The molecule has 1 aliphatic rings. The minimum atomic E-state index is -4.12. The first-order valence-corrected chi connectivity index (χ1v) is 9.15. The summed E-state index contributed by atoms with van der Waals surface area (Å²) in [5.41, 5.74) is 0.944. The molecule has 25 heavy (non-hydrogen) atoms. The van der Waals surface area contributed by atoms with Crippen LogP contribution in [-0.2, 0) is 21.4 Å². The van der Waals surface area contributed by atoms with Crippen LogP contribution in [0.25, 0.3) is 0 Å². The second kappa shape index (κ2) is 6.89. The Morgan fingerprint density at radius 2 is 1.80 bits per heavy atom. The van der Waals surface area contributed by atoms with Crippen LogP contribution in [0.4, 0.5) is 8.78 Å². The summed E-state index contributed by atoms with van der Waals surface area (Å²) < 4.78 is 53.1. The number of hydrogen-bond acceptors (Lipinski definition) is 3. The van der Waals surface area contributed by atoms with Gasteiger partial charge in [0.05, 0.1) is 4.90 Å². The number of benzene rings is 2. The fraction of sp³-hybridized carbons (Fsp3) is 0.235. The van der Waals surface area contributed by atoms with Crippen LogP contribution in [-0.4, -0.2) is 31.8 Å². The zero-order chi connectivity index (χ0) is 18.0. The van der Waals surface area contributed by atoms with Crippen molar-refractivity contribution in [2.75, 3.05) is 6.54 Å². The zero-order valence-electron chi connectivity index (χ0n) is 13.2. The summed E-state index contributed by atoms with van der Waals surface area (Å²) in [6, 6.07) is 10.7. The molecule has 1 amide bonds. The van der Waals surface area contributed by atoms with E-state index in [0.29, 0.717) is 25.6 Å². The van der Waals surface area contributed by atoms with Crippen molar-refractivity contribution in [1.82, 2.24) is 9.62 Å². The van der Waals surface area contributed by atoms with Crippen LogP contribution in [0.5, 0.6) is 0 Å². The normalized spacial score (nSPS) is 17.9. The first-order chi connectivity index (χ1) is 11.9. The molecule has 0 spiro atoms. The van der Waals surface area contributed by atoms with Gasteiger partial charge in [0.25, 0.3) is 0 Å². The summed E-state index contributed by atoms with van der Waals surface area (Å²) in [6.45, 7) is 0.807. The number of likely N-dealkylation sites (tertiary alicyclic amines) is 1. The molecule has 1 saturated heterocycles. The van der Waals surface area contributed by atoms with Gasteiger partial charge in [-0.05, 0) is 30.2 Å². The number of hydrogen-bond donors (Lipinski definition) is 1. The summed E-state index contributed by atoms with van der Waals surface area (Å²) in [5, 5.41) is 0. The third kappa shape index (κ3) is 3.85. The van der Waals surface area contributed by atoms with Crippen molar-refractivity contribution in [2.45, 2.75) is 23.9 Å². The monoisotopic (exact) mass is 366 g/mol. The van der Waals surface area contributed by atoms with Crippen LogP contribution in [0.2, 0.25) is 0 Å². The molecule has 0 saturated carbocycles. The fourth-order valence-electron chi connectivity index (χ4n) is 2.71. The number of amides is 1. The predicted octanol–water partition coefficient (Wildman–Crippen LogP) is 2.04. The second-order valence-electron chi connectivity index (χ2n) is 5.78. The van der Waals surface area contributed by atoms with Crippen LogP contribution in [0.15, 0.2) is 53.4 Å². The Kier molecular flexibility index (Phi) is 4.82. The minimum absolute atomic E-state index is 0.314. The lowest BCUT2D eigenvalue weighted by molar-refractivity contribution is -0.129. The Labute approximate surface area is 144 Å². The highest BCUT2D eigenvalue weighted by Crippen LogP contribution is 2.19. The second-order valence-corrected chi connectivity index (χ2v) is 7.50. The molecule has 2 aromatic rings. The third-order valence-corrected chi connectivity index (χ3v) is 5.48. The van der Waals surface area contributed by atoms with Gasteiger partial charge in [-0.3, -0.25) is 4.79 Å². The fourth-order valence-corrected chi connectivity index (χ4v) is 3.94. The molecular formula is C17H16F2N2O3S. The van der Waals surface area contributed by atoms with Crippen LogP contribution < -0.4 is 4.72 Å². The number of nitrogens with one attached hydrogen (secondary N) is 1. The Balaban J connectivity index is 1.70. The number of nitrogens with zero attached hydrogens (tertiary/aromatic N) is 1. The molecule has 1 fully saturated rings. The molecule has 5 nitrogen and oxygen atoms in total. The Morgan fingerprint density at radius 3 is 2.48 bits per heavy atom. The van der Waals surface area contributed by atoms with Crippen molar-refractivity contribution in [3.05, 3.63) is 65.7 Å². The van der Waals surface area contributed by atoms with E-state index in [4.69, 9.17) is 0 Å². The minimum Gasteiger partial charge on any atom is -0.337 e. The van der Waals surface area contributed by atoms with Crippen molar-refractivity contribution in [2.24, 2.45) is 0 Å². The summed E-state index contributed by atoms with van der Waals surface area (Å²) in [5.74, 6) is -2.73. The van der Waals surface area contributed by atoms with Crippen LogP contribution in [0.1, 0.15) is 12.0 Å². The Morgan fingerprint density at radius 1 is 1.08 bits per heavy atom. The summed E-state index contributed by atoms with van der Waals surface area (Å²) in [6.07, 6.45) is 0.314. The van der Waals surface area contributed by atoms with Gasteiger partial charge in [0.1, 0.15) is 6.04 Å². The topological polar surface area (TPSA) is 66.5 Å². The SMILES string of the molecule is O=C1[C@H](NS(=O)(=O)c2ccc(F)c(F)c2)CCN1Cc1ccccc1. The van der Waals surface area contributed by atoms with Gasteiger partial charge in [-0.15, -0.1) is 0 Å². The standard InChI is InChI=1S/C17H16F2N2O3S/c18-14-7-6-13(10-15(14)19)25(23,24)20-16-8-9-21(17(16)22)11-12-4-2-1-3-5-12/h1-7,10,16,20H,8-9,11H2/t16-/m1/s1. The van der Waals surface area contributed by atoms with E-state index in [1.54, 1.807) is 4.90 Å². The van der Waals surface area contributed by atoms with E-state index in [2.05, 4.69) is 4.72 Å². The first kappa shape index (κ1) is 17.5. The van der Waals surface area contributed by atoms with Crippen molar-refractivity contribution >= 4 is 15.9 Å². The van der Waals surface area contributed by atoms with Gasteiger partial charge in [-0.25, -0.2) is 17.2 Å². The van der Waals surface area contributed by atoms with E-state index < -0.39 is 32.6 Å². The van der Waals surface area contributed by atoms with E-state index in [9.17, 15) is 22.0 Å². The van der Waals surface area contributed by atoms with Crippen molar-refractivity contribution in [3.63, 3.8) is 0 Å². The number of rotatable bonds is 5. The van der Waals surface area contributed by atoms with Crippen LogP contribution >= 0.6 is 0 Å². The summed E-state index contributed by atoms with van der Waals surface area (Å²) >= 11 is 0. The van der Waals surface area contributed by atoms with E-state index in [1.165, 1.54) is 0 Å². The highest BCUT2D eigenvalue weighted by atomic mass is 32.2. The van der Waals surface area contributed by atoms with Gasteiger partial charge in [0, 0.05) is 13.1 Å². The molecule has 0 aromatic heterocycles. The molecule has 1 aliphatic heterocycles. The molecule has 0 bridgehead atoms. The van der Waals surface area contributed by atoms with Gasteiger partial charge >= 0.3 is 0 Å². The number of halogens is 2. The average Bonchev–Trinajstić information content (AvgIpc) is 2.91.